The van der Waals surface area contributed by atoms with Crippen LogP contribution in [0.15, 0.2) is 48.5 Å². The molecule has 9 nitrogen and oxygen atoms in total. The number of fused-ring (bicyclic) bond motifs is 8. The summed E-state index contributed by atoms with van der Waals surface area (Å²) in [4.78, 5) is 8.20. The van der Waals surface area contributed by atoms with E-state index in [0.717, 1.165) is 22.8 Å². The smallest absolute Gasteiger partial charge is 0.433 e. The molecule has 0 N–H and O–H groups in total. The molecule has 5 heterocycles. The second kappa shape index (κ2) is 9.57. The molecule has 0 spiro atoms. The van der Waals surface area contributed by atoms with Crippen LogP contribution in [0, 0.1) is 0 Å². The molecule has 0 bridgehead atoms. The molecule has 12 heteroatoms. The van der Waals surface area contributed by atoms with E-state index in [4.69, 9.17) is 28.4 Å². The molecule has 0 saturated carbocycles. The zero-order valence-corrected chi connectivity index (χ0v) is 22.2. The van der Waals surface area contributed by atoms with Crippen molar-refractivity contribution < 1.29 is 41.6 Å². The van der Waals surface area contributed by atoms with Crippen LogP contribution in [-0.4, -0.2) is 41.8 Å². The quantitative estimate of drug-likeness (QED) is 0.315. The number of alkyl halides is 3. The molecule has 8 rings (SSSR count). The first-order valence-corrected chi connectivity index (χ1v) is 13.4. The maximum atomic E-state index is 13.8. The topological polar surface area (TPSA) is 74.8 Å². The Morgan fingerprint density at radius 1 is 0.643 bits per heavy atom. The van der Waals surface area contributed by atoms with Crippen LogP contribution in [0.25, 0.3) is 10.9 Å². The molecule has 0 aliphatic carbocycles. The maximum Gasteiger partial charge on any atom is 0.433 e. The highest BCUT2D eigenvalue weighted by molar-refractivity contribution is 5.91. The van der Waals surface area contributed by atoms with Crippen LogP contribution in [0.4, 0.5) is 13.2 Å². The number of hydrogen-bond acceptors (Lipinski definition) is 9. The molecule has 0 unspecified atom stereocenters. The van der Waals surface area contributed by atoms with Gasteiger partial charge in [0.15, 0.2) is 34.5 Å². The lowest BCUT2D eigenvalue weighted by Gasteiger charge is -2.35. The first-order valence-electron chi connectivity index (χ1n) is 13.4. The maximum absolute atomic E-state index is 13.8. The molecule has 216 valence electrons. The Hall–Kier alpha value is -4.42. The minimum absolute atomic E-state index is 0.178. The third-order valence-corrected chi connectivity index (χ3v) is 7.78. The SMILES string of the molecule is FC(F)(F)c1ccc2c3c(c4c(c2n1)CN(Cc1ccc2c(c1)OCO2)CO4)OCN(Cc1ccc2c(c1)OCO2)C3. The van der Waals surface area contributed by atoms with Crippen molar-refractivity contribution in [3.8, 4) is 34.5 Å². The molecule has 0 radical (unpaired) electrons. The van der Waals surface area contributed by atoms with Crippen molar-refractivity contribution in [2.45, 2.75) is 32.4 Å². The Labute approximate surface area is 237 Å². The van der Waals surface area contributed by atoms with Crippen LogP contribution in [0.3, 0.4) is 0 Å². The van der Waals surface area contributed by atoms with Gasteiger partial charge >= 0.3 is 6.18 Å². The molecule has 3 aromatic carbocycles. The van der Waals surface area contributed by atoms with Gasteiger partial charge in [0.05, 0.1) is 5.52 Å². The van der Waals surface area contributed by atoms with Gasteiger partial charge in [-0.25, -0.2) is 4.98 Å². The fourth-order valence-corrected chi connectivity index (χ4v) is 5.85. The lowest BCUT2D eigenvalue weighted by Crippen LogP contribution is -2.35. The summed E-state index contributed by atoms with van der Waals surface area (Å²) in [6, 6.07) is 14.0. The van der Waals surface area contributed by atoms with E-state index in [2.05, 4.69) is 9.88 Å². The van der Waals surface area contributed by atoms with Crippen molar-refractivity contribution in [2.24, 2.45) is 0 Å². The summed E-state index contributed by atoms with van der Waals surface area (Å²) in [5, 5.41) is 0.612. The highest BCUT2D eigenvalue weighted by atomic mass is 19.4. The van der Waals surface area contributed by atoms with Crippen molar-refractivity contribution in [2.75, 3.05) is 27.0 Å². The predicted molar refractivity (Wildman–Crippen MR) is 141 cm³/mol. The van der Waals surface area contributed by atoms with E-state index in [0.29, 0.717) is 71.6 Å². The van der Waals surface area contributed by atoms with Crippen molar-refractivity contribution in [1.82, 2.24) is 14.8 Å². The second-order valence-electron chi connectivity index (χ2n) is 10.6. The fraction of sp³-hybridized carbons (Fsp3) is 0.300. The standard InChI is InChI=1S/C30H24F3N3O6/c31-30(32,33)26-6-3-19-20-11-35(9-17-1-4-22-24(7-17)41-15-39-22)13-37-28(20)29-21(27(19)34-26)12-36(14-38-29)10-18-2-5-23-25(8-18)42-16-40-23/h1-8H,9-16H2. The third kappa shape index (κ3) is 4.38. The van der Waals surface area contributed by atoms with Gasteiger partial charge in [-0.1, -0.05) is 18.2 Å². The van der Waals surface area contributed by atoms with E-state index < -0.39 is 11.9 Å². The van der Waals surface area contributed by atoms with Gasteiger partial charge in [-0.15, -0.1) is 0 Å². The van der Waals surface area contributed by atoms with E-state index >= 15 is 0 Å². The Morgan fingerprint density at radius 2 is 1.19 bits per heavy atom. The lowest BCUT2D eigenvalue weighted by molar-refractivity contribution is -0.140. The molecule has 1 aromatic heterocycles. The molecule has 0 fully saturated rings. The number of aromatic nitrogens is 1. The summed E-state index contributed by atoms with van der Waals surface area (Å²) < 4.78 is 75.6. The highest BCUT2D eigenvalue weighted by Crippen LogP contribution is 2.47. The molecular formula is C30H24F3N3O6. The second-order valence-corrected chi connectivity index (χ2v) is 10.6. The lowest BCUT2D eigenvalue weighted by atomic mass is 9.98. The Morgan fingerprint density at radius 3 is 1.79 bits per heavy atom. The predicted octanol–water partition coefficient (Wildman–Crippen LogP) is 5.42. The van der Waals surface area contributed by atoms with Crippen LogP contribution in [-0.2, 0) is 32.4 Å². The average molecular weight is 580 g/mol. The van der Waals surface area contributed by atoms with Gasteiger partial charge in [0.25, 0.3) is 0 Å². The number of pyridine rings is 1. The number of benzene rings is 3. The van der Waals surface area contributed by atoms with E-state index in [-0.39, 0.29) is 32.6 Å². The first kappa shape index (κ1) is 25.3. The molecule has 4 aliphatic rings. The number of rotatable bonds is 4. The molecule has 0 saturated heterocycles. The van der Waals surface area contributed by atoms with Crippen LogP contribution >= 0.6 is 0 Å². The molecule has 0 amide bonds. The van der Waals surface area contributed by atoms with Gasteiger partial charge in [0.1, 0.15) is 19.2 Å². The minimum atomic E-state index is -4.58. The van der Waals surface area contributed by atoms with Crippen molar-refractivity contribution in [3.63, 3.8) is 0 Å². The van der Waals surface area contributed by atoms with E-state index in [1.54, 1.807) is 0 Å². The summed E-state index contributed by atoms with van der Waals surface area (Å²) >= 11 is 0. The van der Waals surface area contributed by atoms with E-state index in [9.17, 15) is 13.2 Å². The van der Waals surface area contributed by atoms with Crippen LogP contribution < -0.4 is 28.4 Å². The average Bonchev–Trinajstić information content (AvgIpc) is 3.65. The highest BCUT2D eigenvalue weighted by Gasteiger charge is 2.36. The molecule has 4 aromatic rings. The van der Waals surface area contributed by atoms with Crippen molar-refractivity contribution in [1.29, 1.82) is 0 Å². The zero-order valence-electron chi connectivity index (χ0n) is 22.2. The first-order chi connectivity index (χ1) is 20.4. The van der Waals surface area contributed by atoms with Gasteiger partial charge < -0.3 is 28.4 Å². The van der Waals surface area contributed by atoms with Gasteiger partial charge in [0.2, 0.25) is 13.6 Å². The number of nitrogens with zero attached hydrogens (tertiary/aromatic N) is 3. The summed E-state index contributed by atoms with van der Waals surface area (Å²) in [6.07, 6.45) is -4.58. The molecule has 4 aliphatic heterocycles. The summed E-state index contributed by atoms with van der Waals surface area (Å²) in [5.41, 5.74) is 2.61. The zero-order chi connectivity index (χ0) is 28.4. The fourth-order valence-electron chi connectivity index (χ4n) is 5.85. The monoisotopic (exact) mass is 579 g/mol. The summed E-state index contributed by atoms with van der Waals surface area (Å²) in [5.74, 6) is 3.75. The van der Waals surface area contributed by atoms with Crippen LogP contribution in [0.1, 0.15) is 27.9 Å². The van der Waals surface area contributed by atoms with E-state index in [1.807, 2.05) is 41.3 Å². The van der Waals surface area contributed by atoms with Gasteiger partial charge in [-0.2, -0.15) is 13.2 Å². The molecule has 0 atom stereocenters. The largest absolute Gasteiger partial charge is 0.474 e. The van der Waals surface area contributed by atoms with E-state index in [1.165, 1.54) is 6.07 Å². The Kier molecular flexibility index (Phi) is 5.76. The molecule has 42 heavy (non-hydrogen) atoms. The molecular weight excluding hydrogens is 555 g/mol. The number of ether oxygens (including phenoxy) is 6. The number of halogens is 3. The van der Waals surface area contributed by atoms with Crippen molar-refractivity contribution in [3.05, 3.63) is 76.5 Å². The van der Waals surface area contributed by atoms with Crippen LogP contribution in [0.5, 0.6) is 34.5 Å². The summed E-state index contributed by atoms with van der Waals surface area (Å²) in [7, 11) is 0. The van der Waals surface area contributed by atoms with Gasteiger partial charge in [-0.05, 0) is 41.5 Å². The minimum Gasteiger partial charge on any atom is -0.474 e. The summed E-state index contributed by atoms with van der Waals surface area (Å²) in [6.45, 7) is 2.73. The third-order valence-electron chi connectivity index (χ3n) is 7.78. The normalized spacial score (nSPS) is 17.5. The van der Waals surface area contributed by atoms with Crippen LogP contribution in [0.2, 0.25) is 0 Å². The Balaban J connectivity index is 1.13. The van der Waals surface area contributed by atoms with Gasteiger partial charge in [-0.3, -0.25) is 9.80 Å². The number of hydrogen-bond donors (Lipinski definition) is 0. The van der Waals surface area contributed by atoms with Gasteiger partial charge in [0, 0.05) is 42.7 Å². The van der Waals surface area contributed by atoms with Crippen molar-refractivity contribution >= 4 is 10.9 Å². The Bertz CT molecular complexity index is 1730.